The highest BCUT2D eigenvalue weighted by Gasteiger charge is 2.14. The number of hydrogen-bond acceptors (Lipinski definition) is 4. The molecular formula is C12H9BrFNO2S. The minimum Gasteiger partial charge on any atom is -0.469 e. The third-order valence-corrected chi connectivity index (χ3v) is 3.85. The second kappa shape index (κ2) is 5.58. The molecule has 0 aliphatic carbocycles. The van der Waals surface area contributed by atoms with E-state index in [1.165, 1.54) is 24.5 Å². The first-order chi connectivity index (χ1) is 8.61. The van der Waals surface area contributed by atoms with Crippen LogP contribution >= 0.6 is 27.3 Å². The summed E-state index contributed by atoms with van der Waals surface area (Å²) in [5, 5.41) is 2.27. The van der Waals surface area contributed by atoms with Crippen LogP contribution in [0.15, 0.2) is 28.1 Å². The Labute approximate surface area is 116 Å². The Morgan fingerprint density at radius 2 is 2.33 bits per heavy atom. The third kappa shape index (κ3) is 2.76. The summed E-state index contributed by atoms with van der Waals surface area (Å²) in [5.41, 5.74) is 0.996. The van der Waals surface area contributed by atoms with Crippen molar-refractivity contribution >= 4 is 33.2 Å². The van der Waals surface area contributed by atoms with Crippen LogP contribution in [0.5, 0.6) is 0 Å². The number of aromatic nitrogens is 1. The van der Waals surface area contributed by atoms with Crippen molar-refractivity contribution in [2.75, 3.05) is 7.11 Å². The molecule has 1 aromatic carbocycles. The Morgan fingerprint density at radius 1 is 1.56 bits per heavy atom. The molecule has 0 aliphatic heterocycles. The molecule has 0 spiro atoms. The number of hydrogen-bond donors (Lipinski definition) is 0. The maximum Gasteiger partial charge on any atom is 0.311 e. The minimum atomic E-state index is -0.362. The van der Waals surface area contributed by atoms with Crippen LogP contribution < -0.4 is 0 Å². The van der Waals surface area contributed by atoms with Crippen LogP contribution in [0.4, 0.5) is 4.39 Å². The van der Waals surface area contributed by atoms with Gasteiger partial charge < -0.3 is 4.74 Å². The largest absolute Gasteiger partial charge is 0.469 e. The summed E-state index contributed by atoms with van der Waals surface area (Å²) < 4.78 is 18.9. The molecule has 0 radical (unpaired) electrons. The number of carbonyl (C=O) groups excluding carboxylic acids is 1. The first kappa shape index (κ1) is 13.2. The normalized spacial score (nSPS) is 10.4. The number of ether oxygens (including phenoxy) is 1. The number of carbonyl (C=O) groups is 1. The number of rotatable bonds is 3. The van der Waals surface area contributed by atoms with Gasteiger partial charge in [0.2, 0.25) is 0 Å². The van der Waals surface area contributed by atoms with E-state index in [1.54, 1.807) is 17.5 Å². The second-order valence-corrected chi connectivity index (χ2v) is 5.21. The van der Waals surface area contributed by atoms with Crippen LogP contribution in [0.2, 0.25) is 0 Å². The molecule has 0 fully saturated rings. The van der Waals surface area contributed by atoms with E-state index in [0.29, 0.717) is 20.7 Å². The standard InChI is InChI=1S/C12H9BrFNO2S/c1-17-10(16)5-7-6-18-12(15-7)11-8(13)3-2-4-9(11)14/h2-4,6H,5H2,1H3. The Kier molecular flexibility index (Phi) is 4.08. The molecule has 0 bridgehead atoms. The van der Waals surface area contributed by atoms with Gasteiger partial charge in [-0.1, -0.05) is 6.07 Å². The molecule has 2 rings (SSSR count). The average Bonchev–Trinajstić information content (AvgIpc) is 2.77. The molecule has 2 aromatic rings. The molecular weight excluding hydrogens is 321 g/mol. The van der Waals surface area contributed by atoms with E-state index >= 15 is 0 Å². The van der Waals surface area contributed by atoms with Crippen LogP contribution in [-0.2, 0) is 16.0 Å². The zero-order valence-corrected chi connectivity index (χ0v) is 11.8. The van der Waals surface area contributed by atoms with Crippen LogP contribution in [0.1, 0.15) is 5.69 Å². The van der Waals surface area contributed by atoms with Crippen molar-refractivity contribution in [3.05, 3.63) is 39.6 Å². The summed E-state index contributed by atoms with van der Waals surface area (Å²) in [6.07, 6.45) is 0.0963. The van der Waals surface area contributed by atoms with Crippen LogP contribution in [0.25, 0.3) is 10.6 Å². The fourth-order valence-electron chi connectivity index (χ4n) is 1.43. The van der Waals surface area contributed by atoms with Crippen molar-refractivity contribution in [3.63, 3.8) is 0 Å². The molecule has 0 N–H and O–H groups in total. The van der Waals surface area contributed by atoms with Gasteiger partial charge in [0.05, 0.1) is 24.8 Å². The lowest BCUT2D eigenvalue weighted by atomic mass is 10.2. The van der Waals surface area contributed by atoms with Crippen LogP contribution in [-0.4, -0.2) is 18.1 Å². The molecule has 0 aliphatic rings. The molecule has 0 saturated heterocycles. The number of halogens is 2. The van der Waals surface area contributed by atoms with Crippen molar-refractivity contribution in [1.82, 2.24) is 4.98 Å². The van der Waals surface area contributed by atoms with E-state index in [2.05, 4.69) is 25.7 Å². The lowest BCUT2D eigenvalue weighted by molar-refractivity contribution is -0.139. The third-order valence-electron chi connectivity index (χ3n) is 2.28. The van der Waals surface area contributed by atoms with E-state index < -0.39 is 0 Å². The SMILES string of the molecule is COC(=O)Cc1csc(-c2c(F)cccc2Br)n1. The average molecular weight is 330 g/mol. The van der Waals surface area contributed by atoms with Gasteiger partial charge in [0, 0.05) is 9.85 Å². The van der Waals surface area contributed by atoms with Crippen molar-refractivity contribution < 1.29 is 13.9 Å². The Morgan fingerprint density at radius 3 is 3.00 bits per heavy atom. The van der Waals surface area contributed by atoms with Gasteiger partial charge in [-0.3, -0.25) is 4.79 Å². The molecule has 0 unspecified atom stereocenters. The van der Waals surface area contributed by atoms with Gasteiger partial charge in [-0.05, 0) is 28.1 Å². The highest BCUT2D eigenvalue weighted by molar-refractivity contribution is 9.10. The number of thiazole rings is 1. The Bertz CT molecular complexity index is 565. The summed E-state index contributed by atoms with van der Waals surface area (Å²) in [5.74, 6) is -0.706. The molecule has 1 heterocycles. The molecule has 0 saturated carbocycles. The quantitative estimate of drug-likeness (QED) is 0.810. The molecule has 0 amide bonds. The first-order valence-corrected chi connectivity index (χ1v) is 6.74. The molecule has 3 nitrogen and oxygen atoms in total. The summed E-state index contributed by atoms with van der Waals surface area (Å²) in [4.78, 5) is 15.4. The minimum absolute atomic E-state index is 0.0963. The lowest BCUT2D eigenvalue weighted by Crippen LogP contribution is -2.04. The van der Waals surface area contributed by atoms with Gasteiger partial charge in [0.1, 0.15) is 10.8 Å². The summed E-state index contributed by atoms with van der Waals surface area (Å²) in [7, 11) is 1.32. The van der Waals surface area contributed by atoms with Gasteiger partial charge in [-0.25, -0.2) is 9.37 Å². The van der Waals surface area contributed by atoms with Crippen molar-refractivity contribution in [1.29, 1.82) is 0 Å². The fraction of sp³-hybridized carbons (Fsp3) is 0.167. The molecule has 6 heteroatoms. The van der Waals surface area contributed by atoms with Gasteiger partial charge >= 0.3 is 5.97 Å². The number of esters is 1. The summed E-state index contributed by atoms with van der Waals surface area (Å²) in [6, 6.07) is 4.74. The topological polar surface area (TPSA) is 39.2 Å². The second-order valence-electron chi connectivity index (χ2n) is 3.49. The number of benzene rings is 1. The first-order valence-electron chi connectivity index (χ1n) is 5.07. The van der Waals surface area contributed by atoms with Crippen molar-refractivity contribution in [3.8, 4) is 10.6 Å². The maximum absolute atomic E-state index is 13.7. The summed E-state index contributed by atoms with van der Waals surface area (Å²) >= 11 is 4.59. The summed E-state index contributed by atoms with van der Waals surface area (Å²) in [6.45, 7) is 0. The highest BCUT2D eigenvalue weighted by Crippen LogP contribution is 2.32. The van der Waals surface area contributed by atoms with E-state index in [1.807, 2.05) is 0 Å². The van der Waals surface area contributed by atoms with E-state index in [0.717, 1.165) is 0 Å². The van der Waals surface area contributed by atoms with Gasteiger partial charge in [-0.2, -0.15) is 0 Å². The fourth-order valence-corrected chi connectivity index (χ4v) is 2.97. The van der Waals surface area contributed by atoms with Gasteiger partial charge in [0.15, 0.2) is 0 Å². The number of nitrogens with zero attached hydrogens (tertiary/aromatic N) is 1. The monoisotopic (exact) mass is 329 g/mol. The van der Waals surface area contributed by atoms with Crippen molar-refractivity contribution in [2.45, 2.75) is 6.42 Å². The smallest absolute Gasteiger partial charge is 0.311 e. The maximum atomic E-state index is 13.7. The molecule has 94 valence electrons. The van der Waals surface area contributed by atoms with Crippen molar-refractivity contribution in [2.24, 2.45) is 0 Å². The predicted octanol–water partition coefficient (Wildman–Crippen LogP) is 3.43. The van der Waals surface area contributed by atoms with E-state index in [9.17, 15) is 9.18 Å². The molecule has 18 heavy (non-hydrogen) atoms. The van der Waals surface area contributed by atoms with Gasteiger partial charge in [0.25, 0.3) is 0 Å². The lowest BCUT2D eigenvalue weighted by Gasteiger charge is -2.01. The van der Waals surface area contributed by atoms with E-state index in [4.69, 9.17) is 0 Å². The highest BCUT2D eigenvalue weighted by atomic mass is 79.9. The van der Waals surface area contributed by atoms with Gasteiger partial charge in [-0.15, -0.1) is 11.3 Å². The van der Waals surface area contributed by atoms with Crippen LogP contribution in [0.3, 0.4) is 0 Å². The Balaban J connectivity index is 2.32. The zero-order chi connectivity index (χ0) is 13.1. The number of methoxy groups -OCH3 is 1. The molecule has 1 aromatic heterocycles. The Hall–Kier alpha value is -1.27. The zero-order valence-electron chi connectivity index (χ0n) is 9.44. The van der Waals surface area contributed by atoms with Crippen LogP contribution in [0, 0.1) is 5.82 Å². The predicted molar refractivity (Wildman–Crippen MR) is 70.9 cm³/mol. The van der Waals surface area contributed by atoms with E-state index in [-0.39, 0.29) is 18.2 Å². The molecule has 0 atom stereocenters.